The summed E-state index contributed by atoms with van der Waals surface area (Å²) in [4.78, 5) is 33.3. The van der Waals surface area contributed by atoms with Crippen molar-refractivity contribution in [3.8, 4) is 5.75 Å². The number of benzene rings is 1. The van der Waals surface area contributed by atoms with Gasteiger partial charge in [0, 0.05) is 13.0 Å². The average molecular weight is 339 g/mol. The maximum absolute atomic E-state index is 11.9. The predicted molar refractivity (Wildman–Crippen MR) is 87.2 cm³/mol. The van der Waals surface area contributed by atoms with Crippen LogP contribution in [0.4, 0.5) is 11.4 Å². The number of amides is 1. The molecule has 24 heavy (non-hydrogen) atoms. The summed E-state index contributed by atoms with van der Waals surface area (Å²) in [5.41, 5.74) is -0.209. The molecule has 9 nitrogen and oxygen atoms in total. The normalized spacial score (nSPS) is 11.6. The monoisotopic (exact) mass is 339 g/mol. The molecule has 0 saturated carbocycles. The number of ether oxygens (including phenoxy) is 1. The Morgan fingerprint density at radius 2 is 2.12 bits per heavy atom. The molecular formula is C15H21N3O6. The summed E-state index contributed by atoms with van der Waals surface area (Å²) >= 11 is 0. The average Bonchev–Trinajstić information content (AvgIpc) is 2.54. The number of nitro benzene ring substituents is 1. The van der Waals surface area contributed by atoms with Crippen molar-refractivity contribution in [2.45, 2.75) is 32.2 Å². The maximum Gasteiger partial charge on any atom is 0.320 e. The number of nitrogens with one attached hydrogen (secondary N) is 2. The van der Waals surface area contributed by atoms with Gasteiger partial charge in [0.2, 0.25) is 5.91 Å². The number of nitrogens with zero attached hydrogens (tertiary/aromatic N) is 1. The van der Waals surface area contributed by atoms with E-state index in [1.165, 1.54) is 25.3 Å². The standard InChI is InChI=1S/C15H21N3O6/c1-3-4-12(15(20)21)16-8-7-14(19)17-11-6-5-10(24-2)9-13(11)18(22)23/h5-6,9,12,16H,3-4,7-8H2,1-2H3,(H,17,19)(H,20,21). The van der Waals surface area contributed by atoms with E-state index < -0.39 is 22.8 Å². The minimum Gasteiger partial charge on any atom is -0.496 e. The number of carbonyl (C=O) groups is 2. The molecule has 0 aliphatic heterocycles. The van der Waals surface area contributed by atoms with Crippen LogP contribution in [0.25, 0.3) is 0 Å². The van der Waals surface area contributed by atoms with Crippen LogP contribution >= 0.6 is 0 Å². The Balaban J connectivity index is 2.62. The summed E-state index contributed by atoms with van der Waals surface area (Å²) < 4.78 is 4.92. The highest BCUT2D eigenvalue weighted by atomic mass is 16.6. The van der Waals surface area contributed by atoms with Crippen molar-refractivity contribution >= 4 is 23.3 Å². The first-order chi connectivity index (χ1) is 11.4. The molecule has 0 spiro atoms. The molecule has 0 bridgehead atoms. The lowest BCUT2D eigenvalue weighted by Crippen LogP contribution is -2.38. The van der Waals surface area contributed by atoms with Crippen molar-refractivity contribution in [3.05, 3.63) is 28.3 Å². The van der Waals surface area contributed by atoms with Crippen LogP contribution in [0.3, 0.4) is 0 Å². The quantitative estimate of drug-likeness (QED) is 0.437. The highest BCUT2D eigenvalue weighted by Gasteiger charge is 2.18. The first-order valence-corrected chi connectivity index (χ1v) is 7.47. The van der Waals surface area contributed by atoms with E-state index in [9.17, 15) is 19.7 Å². The Kier molecular flexibility index (Phi) is 7.63. The summed E-state index contributed by atoms with van der Waals surface area (Å²) in [6.07, 6.45) is 1.16. The molecule has 0 aliphatic carbocycles. The first-order valence-electron chi connectivity index (χ1n) is 7.47. The lowest BCUT2D eigenvalue weighted by molar-refractivity contribution is -0.384. The Morgan fingerprint density at radius 1 is 1.42 bits per heavy atom. The van der Waals surface area contributed by atoms with Gasteiger partial charge in [0.1, 0.15) is 17.5 Å². The topological polar surface area (TPSA) is 131 Å². The fraction of sp³-hybridized carbons (Fsp3) is 0.467. The molecule has 0 heterocycles. The van der Waals surface area contributed by atoms with E-state index in [2.05, 4.69) is 10.6 Å². The number of methoxy groups -OCH3 is 1. The van der Waals surface area contributed by atoms with Crippen molar-refractivity contribution in [2.24, 2.45) is 0 Å². The van der Waals surface area contributed by atoms with Crippen molar-refractivity contribution < 1.29 is 24.4 Å². The fourth-order valence-electron chi connectivity index (χ4n) is 2.07. The minimum absolute atomic E-state index is 0.00330. The second-order valence-electron chi connectivity index (χ2n) is 5.07. The number of carboxylic acids is 1. The number of rotatable bonds is 10. The van der Waals surface area contributed by atoms with Gasteiger partial charge in [0.15, 0.2) is 0 Å². The molecule has 1 rings (SSSR count). The second kappa shape index (κ2) is 9.46. The van der Waals surface area contributed by atoms with Crippen molar-refractivity contribution in [2.75, 3.05) is 19.0 Å². The molecule has 0 radical (unpaired) electrons. The van der Waals surface area contributed by atoms with Crippen LogP contribution < -0.4 is 15.4 Å². The van der Waals surface area contributed by atoms with E-state index in [1.807, 2.05) is 6.92 Å². The minimum atomic E-state index is -0.969. The highest BCUT2D eigenvalue weighted by Crippen LogP contribution is 2.28. The third-order valence-electron chi connectivity index (χ3n) is 3.29. The SMILES string of the molecule is CCCC(NCCC(=O)Nc1ccc(OC)cc1[N+](=O)[O-])C(=O)O. The Bertz CT molecular complexity index is 605. The molecule has 9 heteroatoms. The van der Waals surface area contributed by atoms with Gasteiger partial charge >= 0.3 is 5.97 Å². The number of carbonyl (C=O) groups excluding carboxylic acids is 1. The third kappa shape index (κ3) is 5.84. The maximum atomic E-state index is 11.9. The van der Waals surface area contributed by atoms with E-state index >= 15 is 0 Å². The molecule has 1 aromatic rings. The van der Waals surface area contributed by atoms with Gasteiger partial charge in [-0.05, 0) is 18.6 Å². The van der Waals surface area contributed by atoms with Gasteiger partial charge in [0.25, 0.3) is 5.69 Å². The van der Waals surface area contributed by atoms with Gasteiger partial charge in [0.05, 0.1) is 18.1 Å². The molecule has 0 fully saturated rings. The third-order valence-corrected chi connectivity index (χ3v) is 3.29. The van der Waals surface area contributed by atoms with E-state index in [0.717, 1.165) is 0 Å². The zero-order valence-corrected chi connectivity index (χ0v) is 13.6. The van der Waals surface area contributed by atoms with E-state index in [4.69, 9.17) is 9.84 Å². The number of carboxylic acid groups (broad SMARTS) is 1. The number of aliphatic carboxylic acids is 1. The molecule has 3 N–H and O–H groups in total. The summed E-state index contributed by atoms with van der Waals surface area (Å²) in [5, 5.41) is 25.3. The zero-order chi connectivity index (χ0) is 18.1. The summed E-state index contributed by atoms with van der Waals surface area (Å²) in [6.45, 7) is 2.03. The molecule has 132 valence electrons. The van der Waals surface area contributed by atoms with Crippen molar-refractivity contribution in [1.82, 2.24) is 5.32 Å². The van der Waals surface area contributed by atoms with Gasteiger partial charge in [-0.1, -0.05) is 13.3 Å². The van der Waals surface area contributed by atoms with Crippen molar-refractivity contribution in [3.63, 3.8) is 0 Å². The fourth-order valence-corrected chi connectivity index (χ4v) is 2.07. The summed E-state index contributed by atoms with van der Waals surface area (Å²) in [5.74, 6) is -1.11. The van der Waals surface area contributed by atoms with E-state index in [-0.39, 0.29) is 24.3 Å². The Labute approximate surface area is 139 Å². The Morgan fingerprint density at radius 3 is 2.67 bits per heavy atom. The molecule has 1 unspecified atom stereocenters. The van der Waals surface area contributed by atoms with Crippen LogP contribution in [0.1, 0.15) is 26.2 Å². The van der Waals surface area contributed by atoms with Gasteiger partial charge < -0.3 is 20.5 Å². The van der Waals surface area contributed by atoms with Crippen LogP contribution in [-0.2, 0) is 9.59 Å². The molecule has 1 amide bonds. The summed E-state index contributed by atoms with van der Waals surface area (Å²) in [6, 6.07) is 3.40. The van der Waals surface area contributed by atoms with Crippen LogP contribution in [0, 0.1) is 10.1 Å². The largest absolute Gasteiger partial charge is 0.496 e. The number of anilines is 1. The summed E-state index contributed by atoms with van der Waals surface area (Å²) in [7, 11) is 1.39. The smallest absolute Gasteiger partial charge is 0.320 e. The van der Waals surface area contributed by atoms with Crippen LogP contribution in [0.15, 0.2) is 18.2 Å². The predicted octanol–water partition coefficient (Wildman–Crippen LogP) is 1.77. The highest BCUT2D eigenvalue weighted by molar-refractivity contribution is 5.93. The molecule has 0 saturated heterocycles. The van der Waals surface area contributed by atoms with E-state index in [1.54, 1.807) is 0 Å². The van der Waals surface area contributed by atoms with Crippen molar-refractivity contribution in [1.29, 1.82) is 0 Å². The lowest BCUT2D eigenvalue weighted by Gasteiger charge is -2.13. The van der Waals surface area contributed by atoms with Gasteiger partial charge in [-0.3, -0.25) is 19.7 Å². The van der Waals surface area contributed by atoms with Gasteiger partial charge in [-0.25, -0.2) is 0 Å². The number of hydrogen-bond donors (Lipinski definition) is 3. The Hall–Kier alpha value is -2.68. The van der Waals surface area contributed by atoms with E-state index in [0.29, 0.717) is 18.6 Å². The molecule has 0 aliphatic rings. The van der Waals surface area contributed by atoms with Crippen LogP contribution in [0.5, 0.6) is 5.75 Å². The van der Waals surface area contributed by atoms with Crippen LogP contribution in [-0.4, -0.2) is 41.6 Å². The zero-order valence-electron chi connectivity index (χ0n) is 13.6. The molecule has 1 aromatic carbocycles. The number of nitro groups is 1. The van der Waals surface area contributed by atoms with Crippen LogP contribution in [0.2, 0.25) is 0 Å². The van der Waals surface area contributed by atoms with Gasteiger partial charge in [-0.2, -0.15) is 0 Å². The van der Waals surface area contributed by atoms with Gasteiger partial charge in [-0.15, -0.1) is 0 Å². The lowest BCUT2D eigenvalue weighted by atomic mass is 10.1. The first kappa shape index (κ1) is 19.4. The molecule has 0 aromatic heterocycles. The number of hydrogen-bond acceptors (Lipinski definition) is 6. The molecule has 1 atom stereocenters. The second-order valence-corrected chi connectivity index (χ2v) is 5.07. The molecular weight excluding hydrogens is 318 g/mol.